The van der Waals surface area contributed by atoms with Crippen LogP contribution in [0.3, 0.4) is 0 Å². The van der Waals surface area contributed by atoms with E-state index in [2.05, 4.69) is 36.5 Å². The molecule has 0 unspecified atom stereocenters. The molecule has 0 aliphatic rings. The van der Waals surface area contributed by atoms with Gasteiger partial charge in [0.15, 0.2) is 0 Å². The average Bonchev–Trinajstić information content (AvgIpc) is 2.71. The van der Waals surface area contributed by atoms with Crippen LogP contribution in [0.2, 0.25) is 0 Å². The van der Waals surface area contributed by atoms with Crippen molar-refractivity contribution in [2.24, 2.45) is 0 Å². The maximum atomic E-state index is 5.07. The van der Waals surface area contributed by atoms with Crippen LogP contribution in [0.25, 0.3) is 0 Å². The van der Waals surface area contributed by atoms with Crippen molar-refractivity contribution in [2.75, 3.05) is 19.0 Å². The molecule has 0 aromatic carbocycles. The zero-order valence-electron chi connectivity index (χ0n) is 12.0. The number of nitrogens with zero attached hydrogens (tertiary/aromatic N) is 2. The summed E-state index contributed by atoms with van der Waals surface area (Å²) in [5.74, 6) is 1.06. The molecule has 1 heterocycles. The first-order valence-electron chi connectivity index (χ1n) is 6.69. The SMILES string of the molecule is CCC(=CNc1cc(C)nn1CCCOC)CC. The van der Waals surface area contributed by atoms with Gasteiger partial charge in [-0.3, -0.25) is 0 Å². The number of nitrogens with one attached hydrogen (secondary N) is 1. The smallest absolute Gasteiger partial charge is 0.128 e. The van der Waals surface area contributed by atoms with Gasteiger partial charge in [0.1, 0.15) is 5.82 Å². The molecule has 0 saturated carbocycles. The maximum absolute atomic E-state index is 5.07. The third-order valence-corrected chi connectivity index (χ3v) is 2.95. The van der Waals surface area contributed by atoms with Gasteiger partial charge in [0, 0.05) is 32.5 Å². The topological polar surface area (TPSA) is 39.1 Å². The van der Waals surface area contributed by atoms with Gasteiger partial charge in [-0.15, -0.1) is 0 Å². The van der Waals surface area contributed by atoms with Gasteiger partial charge in [-0.2, -0.15) is 5.10 Å². The van der Waals surface area contributed by atoms with Crippen LogP contribution in [0.5, 0.6) is 0 Å². The second-order valence-electron chi connectivity index (χ2n) is 4.39. The highest BCUT2D eigenvalue weighted by Crippen LogP contribution is 2.13. The van der Waals surface area contributed by atoms with E-state index in [1.807, 2.05) is 11.6 Å². The van der Waals surface area contributed by atoms with Crippen LogP contribution in [0, 0.1) is 6.92 Å². The largest absolute Gasteiger partial charge is 0.385 e. The number of ether oxygens (including phenoxy) is 1. The summed E-state index contributed by atoms with van der Waals surface area (Å²) in [5, 5.41) is 7.84. The molecule has 0 atom stereocenters. The summed E-state index contributed by atoms with van der Waals surface area (Å²) in [4.78, 5) is 0. The number of methoxy groups -OCH3 is 1. The molecular formula is C14H25N3O. The fourth-order valence-electron chi connectivity index (χ4n) is 1.82. The van der Waals surface area contributed by atoms with E-state index < -0.39 is 0 Å². The normalized spacial score (nSPS) is 10.4. The molecule has 0 amide bonds. The Labute approximate surface area is 110 Å². The van der Waals surface area contributed by atoms with Crippen LogP contribution in [-0.4, -0.2) is 23.5 Å². The molecule has 0 bridgehead atoms. The lowest BCUT2D eigenvalue weighted by Gasteiger charge is -2.08. The van der Waals surface area contributed by atoms with Gasteiger partial charge in [0.2, 0.25) is 0 Å². The zero-order chi connectivity index (χ0) is 13.4. The molecule has 1 N–H and O–H groups in total. The Morgan fingerprint density at radius 3 is 2.78 bits per heavy atom. The first kappa shape index (κ1) is 14.8. The molecule has 1 aromatic rings. The van der Waals surface area contributed by atoms with Crippen molar-refractivity contribution in [3.05, 3.63) is 23.5 Å². The summed E-state index contributed by atoms with van der Waals surface area (Å²) in [6, 6.07) is 2.08. The third kappa shape index (κ3) is 4.53. The van der Waals surface area contributed by atoms with Gasteiger partial charge < -0.3 is 10.1 Å². The molecule has 4 nitrogen and oxygen atoms in total. The maximum Gasteiger partial charge on any atom is 0.128 e. The molecule has 0 spiro atoms. The van der Waals surface area contributed by atoms with E-state index >= 15 is 0 Å². The van der Waals surface area contributed by atoms with Crippen LogP contribution in [0.1, 0.15) is 38.8 Å². The Balaban J connectivity index is 2.66. The highest BCUT2D eigenvalue weighted by molar-refractivity contribution is 5.40. The van der Waals surface area contributed by atoms with Gasteiger partial charge in [-0.05, 0) is 26.2 Å². The third-order valence-electron chi connectivity index (χ3n) is 2.95. The van der Waals surface area contributed by atoms with Crippen molar-refractivity contribution in [3.8, 4) is 0 Å². The van der Waals surface area contributed by atoms with Gasteiger partial charge in [-0.1, -0.05) is 19.4 Å². The summed E-state index contributed by atoms with van der Waals surface area (Å²) in [6.07, 6.45) is 5.24. The highest BCUT2D eigenvalue weighted by Gasteiger charge is 2.03. The summed E-state index contributed by atoms with van der Waals surface area (Å²) < 4.78 is 7.08. The van der Waals surface area contributed by atoms with Crippen molar-refractivity contribution < 1.29 is 4.74 Å². The number of anilines is 1. The Morgan fingerprint density at radius 1 is 1.44 bits per heavy atom. The van der Waals surface area contributed by atoms with E-state index in [1.165, 1.54) is 5.57 Å². The molecule has 4 heteroatoms. The van der Waals surface area contributed by atoms with Crippen molar-refractivity contribution >= 4 is 5.82 Å². The van der Waals surface area contributed by atoms with Gasteiger partial charge in [0.05, 0.1) is 5.69 Å². The number of hydrogen-bond acceptors (Lipinski definition) is 3. The van der Waals surface area contributed by atoms with Crippen molar-refractivity contribution in [1.82, 2.24) is 9.78 Å². The van der Waals surface area contributed by atoms with Crippen LogP contribution in [0.4, 0.5) is 5.82 Å². The monoisotopic (exact) mass is 251 g/mol. The minimum absolute atomic E-state index is 0.767. The molecule has 0 aliphatic carbocycles. The Kier molecular flexibility index (Phi) is 6.50. The second-order valence-corrected chi connectivity index (χ2v) is 4.39. The summed E-state index contributed by atoms with van der Waals surface area (Å²) in [6.45, 7) is 8.02. The summed E-state index contributed by atoms with van der Waals surface area (Å²) in [5.41, 5.74) is 2.45. The lowest BCUT2D eigenvalue weighted by molar-refractivity contribution is 0.189. The molecule has 0 fully saturated rings. The average molecular weight is 251 g/mol. The summed E-state index contributed by atoms with van der Waals surface area (Å²) >= 11 is 0. The second kappa shape index (κ2) is 7.93. The fourth-order valence-corrected chi connectivity index (χ4v) is 1.82. The molecule has 18 heavy (non-hydrogen) atoms. The van der Waals surface area contributed by atoms with E-state index in [9.17, 15) is 0 Å². The van der Waals surface area contributed by atoms with E-state index in [0.717, 1.165) is 43.9 Å². The first-order chi connectivity index (χ1) is 8.71. The lowest BCUT2D eigenvalue weighted by Crippen LogP contribution is -2.07. The minimum Gasteiger partial charge on any atom is -0.385 e. The van der Waals surface area contributed by atoms with Crippen LogP contribution < -0.4 is 5.32 Å². The quantitative estimate of drug-likeness (QED) is 0.720. The first-order valence-corrected chi connectivity index (χ1v) is 6.69. The Morgan fingerprint density at radius 2 is 2.17 bits per heavy atom. The molecule has 0 radical (unpaired) electrons. The van der Waals surface area contributed by atoms with Gasteiger partial charge in [0.25, 0.3) is 0 Å². The number of aromatic nitrogens is 2. The van der Waals surface area contributed by atoms with Crippen LogP contribution >= 0.6 is 0 Å². The van der Waals surface area contributed by atoms with Gasteiger partial charge in [-0.25, -0.2) is 4.68 Å². The fraction of sp³-hybridized carbons (Fsp3) is 0.643. The molecule has 1 aromatic heterocycles. The van der Waals surface area contributed by atoms with Crippen molar-refractivity contribution in [3.63, 3.8) is 0 Å². The van der Waals surface area contributed by atoms with Crippen molar-refractivity contribution in [2.45, 2.75) is 46.6 Å². The zero-order valence-corrected chi connectivity index (χ0v) is 12.0. The van der Waals surface area contributed by atoms with E-state index in [0.29, 0.717) is 0 Å². The standard InChI is InChI=1S/C14H25N3O/c1-5-13(6-2)11-15-14-10-12(3)16-17(14)8-7-9-18-4/h10-11,15H,5-9H2,1-4H3. The molecular weight excluding hydrogens is 226 g/mol. The molecule has 1 rings (SSSR count). The minimum atomic E-state index is 0.767. The van der Waals surface area contributed by atoms with E-state index in [1.54, 1.807) is 7.11 Å². The predicted molar refractivity (Wildman–Crippen MR) is 75.7 cm³/mol. The molecule has 0 aliphatic heterocycles. The van der Waals surface area contributed by atoms with Gasteiger partial charge >= 0.3 is 0 Å². The lowest BCUT2D eigenvalue weighted by atomic mass is 10.2. The highest BCUT2D eigenvalue weighted by atomic mass is 16.5. The summed E-state index contributed by atoms with van der Waals surface area (Å²) in [7, 11) is 1.73. The van der Waals surface area contributed by atoms with Crippen molar-refractivity contribution in [1.29, 1.82) is 0 Å². The van der Waals surface area contributed by atoms with E-state index in [-0.39, 0.29) is 0 Å². The number of rotatable bonds is 8. The molecule has 0 saturated heterocycles. The predicted octanol–water partition coefficient (Wildman–Crippen LogP) is 3.34. The van der Waals surface area contributed by atoms with Crippen LogP contribution in [-0.2, 0) is 11.3 Å². The van der Waals surface area contributed by atoms with Crippen LogP contribution in [0.15, 0.2) is 17.8 Å². The Hall–Kier alpha value is -1.29. The molecule has 102 valence electrons. The number of allylic oxidation sites excluding steroid dienone is 1. The Bertz CT molecular complexity index is 376. The number of hydrogen-bond donors (Lipinski definition) is 1. The van der Waals surface area contributed by atoms with E-state index in [4.69, 9.17) is 4.74 Å². The number of aryl methyl sites for hydroxylation is 2.